The van der Waals surface area contributed by atoms with E-state index in [1.165, 1.54) is 6.07 Å². The summed E-state index contributed by atoms with van der Waals surface area (Å²) in [6.45, 7) is 6.19. The number of hydrogen-bond donors (Lipinski definition) is 5. The van der Waals surface area contributed by atoms with E-state index in [4.69, 9.17) is 4.74 Å². The van der Waals surface area contributed by atoms with E-state index < -0.39 is 17.4 Å². The average Bonchev–Trinajstić information content (AvgIpc) is 2.98. The lowest BCUT2D eigenvalue weighted by Crippen LogP contribution is -2.52. The van der Waals surface area contributed by atoms with Gasteiger partial charge in [-0.15, -0.1) is 0 Å². The zero-order chi connectivity index (χ0) is 18.7. The number of nitrogens with one attached hydrogen (secondary N) is 2. The van der Waals surface area contributed by atoms with E-state index in [1.807, 2.05) is 20.8 Å². The van der Waals surface area contributed by atoms with Gasteiger partial charge >= 0.3 is 6.09 Å². The van der Waals surface area contributed by atoms with Crippen molar-refractivity contribution >= 4 is 6.09 Å². The van der Waals surface area contributed by atoms with Crippen LogP contribution in [-0.2, 0) is 11.3 Å². The molecule has 1 aliphatic carbocycles. The van der Waals surface area contributed by atoms with Crippen LogP contribution < -0.4 is 10.6 Å². The van der Waals surface area contributed by atoms with E-state index in [2.05, 4.69) is 10.6 Å². The van der Waals surface area contributed by atoms with E-state index in [0.717, 1.165) is 25.7 Å². The lowest BCUT2D eigenvalue weighted by atomic mass is 9.96. The van der Waals surface area contributed by atoms with Gasteiger partial charge in [0.1, 0.15) is 5.60 Å². The molecule has 0 unspecified atom stereocenters. The van der Waals surface area contributed by atoms with Crippen molar-refractivity contribution in [2.24, 2.45) is 0 Å². The minimum atomic E-state index is -0.546. The molecule has 1 aliphatic rings. The van der Waals surface area contributed by atoms with Crippen molar-refractivity contribution in [3.8, 4) is 17.2 Å². The maximum absolute atomic E-state index is 11.9. The monoisotopic (exact) mass is 352 g/mol. The Morgan fingerprint density at radius 2 is 1.80 bits per heavy atom. The fourth-order valence-corrected chi connectivity index (χ4v) is 3.06. The summed E-state index contributed by atoms with van der Waals surface area (Å²) in [6.07, 6.45) is 3.44. The van der Waals surface area contributed by atoms with E-state index in [9.17, 15) is 20.1 Å². The van der Waals surface area contributed by atoms with Gasteiger partial charge in [-0.05, 0) is 39.7 Å². The minimum Gasteiger partial charge on any atom is -0.504 e. The zero-order valence-electron chi connectivity index (χ0n) is 15.1. The van der Waals surface area contributed by atoms with Crippen LogP contribution in [0.1, 0.15) is 52.0 Å². The lowest BCUT2D eigenvalue weighted by Gasteiger charge is -2.31. The highest BCUT2D eigenvalue weighted by atomic mass is 16.6. The van der Waals surface area contributed by atoms with Crippen molar-refractivity contribution in [1.29, 1.82) is 0 Å². The van der Waals surface area contributed by atoms with E-state index in [0.29, 0.717) is 18.7 Å². The van der Waals surface area contributed by atoms with Gasteiger partial charge in [-0.1, -0.05) is 18.9 Å². The first-order chi connectivity index (χ1) is 11.6. The van der Waals surface area contributed by atoms with Gasteiger partial charge in [0.2, 0.25) is 5.75 Å². The predicted octanol–water partition coefficient (Wildman–Crippen LogP) is 2.73. The molecule has 1 aromatic rings. The molecule has 25 heavy (non-hydrogen) atoms. The summed E-state index contributed by atoms with van der Waals surface area (Å²) in [6, 6.07) is 2.90. The first-order valence-corrected chi connectivity index (χ1v) is 8.57. The number of benzene rings is 1. The molecule has 0 radical (unpaired) electrons. The number of phenols is 3. The maximum atomic E-state index is 11.9. The average molecular weight is 352 g/mol. The van der Waals surface area contributed by atoms with Crippen LogP contribution >= 0.6 is 0 Å². The third kappa shape index (κ3) is 5.16. The second-order valence-electron chi connectivity index (χ2n) is 7.64. The Bertz CT molecular complexity index is 619. The standard InChI is InChI=1S/C18H28N2O5/c1-17(2,3)25-16(24)19-11-18(8-4-5-9-18)20-10-12-6-7-13(21)15(23)14(12)22/h6-7,20-23H,4-5,8-11H2,1-3H3,(H,19,24). The highest BCUT2D eigenvalue weighted by molar-refractivity contribution is 5.67. The SMILES string of the molecule is CC(C)(C)OC(=O)NCC1(NCc2ccc(O)c(O)c2O)CCCC1. The Morgan fingerprint density at radius 3 is 2.40 bits per heavy atom. The van der Waals surface area contributed by atoms with E-state index in [1.54, 1.807) is 6.07 Å². The third-order valence-corrected chi connectivity index (χ3v) is 4.40. The molecular weight excluding hydrogens is 324 g/mol. The van der Waals surface area contributed by atoms with Crippen LogP contribution in [0, 0.1) is 0 Å². The molecule has 1 fully saturated rings. The lowest BCUT2D eigenvalue weighted by molar-refractivity contribution is 0.0509. The zero-order valence-corrected chi connectivity index (χ0v) is 15.1. The summed E-state index contributed by atoms with van der Waals surface area (Å²) < 4.78 is 5.27. The second kappa shape index (κ2) is 7.39. The molecule has 5 N–H and O–H groups in total. The van der Waals surface area contributed by atoms with Gasteiger partial charge in [-0.2, -0.15) is 0 Å². The normalized spacial score (nSPS) is 16.6. The van der Waals surface area contributed by atoms with Crippen molar-refractivity contribution in [3.05, 3.63) is 17.7 Å². The number of carbonyl (C=O) groups is 1. The van der Waals surface area contributed by atoms with Crippen LogP contribution in [0.5, 0.6) is 17.2 Å². The fraction of sp³-hybridized carbons (Fsp3) is 0.611. The molecule has 1 saturated carbocycles. The van der Waals surface area contributed by atoms with Gasteiger partial charge in [0, 0.05) is 24.2 Å². The van der Waals surface area contributed by atoms with Crippen LogP contribution in [0.2, 0.25) is 0 Å². The van der Waals surface area contributed by atoms with Gasteiger partial charge in [0.25, 0.3) is 0 Å². The second-order valence-corrected chi connectivity index (χ2v) is 7.64. The summed E-state index contributed by atoms with van der Waals surface area (Å²) in [7, 11) is 0. The Balaban J connectivity index is 1.98. The Labute approximate surface area is 148 Å². The smallest absolute Gasteiger partial charge is 0.407 e. The van der Waals surface area contributed by atoms with Crippen LogP contribution in [0.4, 0.5) is 4.79 Å². The first kappa shape index (κ1) is 19.2. The Hall–Kier alpha value is -2.15. The Kier molecular flexibility index (Phi) is 5.67. The molecule has 140 valence electrons. The molecule has 0 atom stereocenters. The summed E-state index contributed by atoms with van der Waals surface area (Å²) in [5.41, 5.74) is -0.342. The number of rotatable bonds is 5. The van der Waals surface area contributed by atoms with Gasteiger partial charge in [-0.25, -0.2) is 4.79 Å². The molecule has 0 saturated heterocycles. The number of aromatic hydroxyl groups is 3. The van der Waals surface area contributed by atoms with Gasteiger partial charge in [0.05, 0.1) is 0 Å². The quantitative estimate of drug-likeness (QED) is 0.521. The van der Waals surface area contributed by atoms with E-state index in [-0.39, 0.29) is 17.0 Å². The minimum absolute atomic E-state index is 0.281. The molecule has 0 aliphatic heterocycles. The molecule has 7 heteroatoms. The van der Waals surface area contributed by atoms with E-state index >= 15 is 0 Å². The highest BCUT2D eigenvalue weighted by Gasteiger charge is 2.34. The van der Waals surface area contributed by atoms with Gasteiger partial charge in [-0.3, -0.25) is 0 Å². The summed E-state index contributed by atoms with van der Waals surface area (Å²) >= 11 is 0. The summed E-state index contributed by atoms with van der Waals surface area (Å²) in [4.78, 5) is 11.9. The molecule has 0 bridgehead atoms. The molecule has 2 rings (SSSR count). The summed E-state index contributed by atoms with van der Waals surface area (Å²) in [5.74, 6) is -1.21. The number of carbonyl (C=O) groups excluding carboxylic acids is 1. The molecule has 1 aromatic carbocycles. The van der Waals surface area contributed by atoms with Crippen molar-refractivity contribution in [3.63, 3.8) is 0 Å². The topological polar surface area (TPSA) is 111 Å². The van der Waals surface area contributed by atoms with Gasteiger partial charge < -0.3 is 30.7 Å². The van der Waals surface area contributed by atoms with Crippen LogP contribution in [-0.4, -0.2) is 39.1 Å². The van der Waals surface area contributed by atoms with Crippen molar-refractivity contribution < 1.29 is 24.9 Å². The number of phenolic OH excluding ortho intramolecular Hbond substituents is 3. The summed E-state index contributed by atoms with van der Waals surface area (Å²) in [5, 5.41) is 35.2. The van der Waals surface area contributed by atoms with Crippen molar-refractivity contribution in [1.82, 2.24) is 10.6 Å². The number of alkyl carbamates (subject to hydrolysis) is 1. The highest BCUT2D eigenvalue weighted by Crippen LogP contribution is 2.37. The maximum Gasteiger partial charge on any atom is 0.407 e. The van der Waals surface area contributed by atoms with Gasteiger partial charge in [0.15, 0.2) is 11.5 Å². The van der Waals surface area contributed by atoms with Crippen LogP contribution in [0.15, 0.2) is 12.1 Å². The molecule has 0 heterocycles. The van der Waals surface area contributed by atoms with Crippen LogP contribution in [0.3, 0.4) is 0 Å². The largest absolute Gasteiger partial charge is 0.504 e. The van der Waals surface area contributed by atoms with Crippen LogP contribution in [0.25, 0.3) is 0 Å². The fourth-order valence-electron chi connectivity index (χ4n) is 3.06. The third-order valence-electron chi connectivity index (χ3n) is 4.40. The predicted molar refractivity (Wildman–Crippen MR) is 93.7 cm³/mol. The number of ether oxygens (including phenoxy) is 1. The Morgan fingerprint density at radius 1 is 1.16 bits per heavy atom. The molecule has 1 amide bonds. The van der Waals surface area contributed by atoms with Crippen molar-refractivity contribution in [2.45, 2.75) is 64.1 Å². The number of hydrogen-bond acceptors (Lipinski definition) is 6. The molecular formula is C18H28N2O5. The molecule has 0 spiro atoms. The van der Waals surface area contributed by atoms with Crippen molar-refractivity contribution in [2.75, 3.05) is 6.54 Å². The molecule has 7 nitrogen and oxygen atoms in total. The first-order valence-electron chi connectivity index (χ1n) is 8.57. The number of amides is 1. The molecule has 0 aromatic heterocycles.